The molecule has 0 unspecified atom stereocenters. The second-order valence-corrected chi connectivity index (χ2v) is 7.90. The highest BCUT2D eigenvalue weighted by molar-refractivity contribution is 6.30. The number of fused-ring (bicyclic) bond motifs is 2. The molecule has 0 amide bonds. The third-order valence-electron chi connectivity index (χ3n) is 5.34. The van der Waals surface area contributed by atoms with Gasteiger partial charge in [-0.05, 0) is 52.2 Å². The fourth-order valence-electron chi connectivity index (χ4n) is 3.70. The van der Waals surface area contributed by atoms with Crippen molar-refractivity contribution in [1.82, 2.24) is 0 Å². The molecule has 0 spiro atoms. The first-order valence-corrected chi connectivity index (χ1v) is 10.7. The maximum atomic E-state index is 12.9. The second kappa shape index (κ2) is 8.77. The number of ether oxygens (including phenoxy) is 1. The van der Waals surface area contributed by atoms with Gasteiger partial charge >= 0.3 is 5.97 Å². The van der Waals surface area contributed by atoms with Crippen LogP contribution in [0.3, 0.4) is 0 Å². The molecule has 0 aliphatic carbocycles. The summed E-state index contributed by atoms with van der Waals surface area (Å²) in [5, 5.41) is 3.13. The van der Waals surface area contributed by atoms with E-state index in [0.29, 0.717) is 27.1 Å². The smallest absolute Gasteiger partial charge is 0.336 e. The number of hydrogen-bond acceptors (Lipinski definition) is 4. The number of rotatable bonds is 4. The van der Waals surface area contributed by atoms with Gasteiger partial charge in [0.15, 0.2) is 5.43 Å². The Bertz CT molecular complexity index is 1570. The SMILES string of the molecule is O=C(C=Cc1cccc2ccccc12)Oc1ccc2c(=O)c(-c3ccc(Cl)cc3)coc2c1. The van der Waals surface area contributed by atoms with Gasteiger partial charge in [-0.15, -0.1) is 0 Å². The van der Waals surface area contributed by atoms with Gasteiger partial charge in [0.1, 0.15) is 17.6 Å². The van der Waals surface area contributed by atoms with Crippen molar-refractivity contribution < 1.29 is 13.9 Å². The molecule has 0 saturated carbocycles. The zero-order valence-electron chi connectivity index (χ0n) is 17.3. The van der Waals surface area contributed by atoms with Gasteiger partial charge < -0.3 is 9.15 Å². The Hall–Kier alpha value is -4.15. The molecule has 0 radical (unpaired) electrons. The quantitative estimate of drug-likeness (QED) is 0.169. The number of benzene rings is 4. The molecule has 0 bridgehead atoms. The molecule has 0 aliphatic rings. The maximum Gasteiger partial charge on any atom is 0.336 e. The average Bonchev–Trinajstić information content (AvgIpc) is 2.84. The zero-order chi connectivity index (χ0) is 22.8. The highest BCUT2D eigenvalue weighted by atomic mass is 35.5. The summed E-state index contributed by atoms with van der Waals surface area (Å²) in [4.78, 5) is 25.3. The molecule has 0 fully saturated rings. The van der Waals surface area contributed by atoms with Crippen LogP contribution < -0.4 is 10.2 Å². The topological polar surface area (TPSA) is 56.5 Å². The molecule has 0 saturated heterocycles. The molecule has 5 rings (SSSR count). The van der Waals surface area contributed by atoms with Crippen molar-refractivity contribution >= 4 is 45.4 Å². The average molecular weight is 453 g/mol. The van der Waals surface area contributed by atoms with Crippen LogP contribution in [-0.2, 0) is 4.79 Å². The van der Waals surface area contributed by atoms with E-state index in [1.54, 1.807) is 42.5 Å². The van der Waals surface area contributed by atoms with Gasteiger partial charge in [-0.1, -0.05) is 66.2 Å². The molecule has 33 heavy (non-hydrogen) atoms. The Morgan fingerprint density at radius 2 is 1.67 bits per heavy atom. The van der Waals surface area contributed by atoms with Crippen molar-refractivity contribution in [3.05, 3.63) is 118 Å². The van der Waals surface area contributed by atoms with E-state index >= 15 is 0 Å². The van der Waals surface area contributed by atoms with Crippen LogP contribution in [-0.4, -0.2) is 5.97 Å². The van der Waals surface area contributed by atoms with Crippen LogP contribution in [0.1, 0.15) is 5.56 Å². The molecule has 0 N–H and O–H groups in total. The molecule has 5 aromatic rings. The van der Waals surface area contributed by atoms with Crippen molar-refractivity contribution in [2.75, 3.05) is 0 Å². The summed E-state index contributed by atoms with van der Waals surface area (Å²) in [6, 6.07) is 25.5. The predicted octanol–water partition coefficient (Wildman–Crippen LogP) is 6.89. The minimum Gasteiger partial charge on any atom is -0.463 e. The summed E-state index contributed by atoms with van der Waals surface area (Å²) < 4.78 is 11.1. The third-order valence-corrected chi connectivity index (χ3v) is 5.59. The van der Waals surface area contributed by atoms with Crippen LogP contribution >= 0.6 is 11.6 Å². The third kappa shape index (κ3) is 4.29. The molecule has 4 nitrogen and oxygen atoms in total. The lowest BCUT2D eigenvalue weighted by Gasteiger charge is -2.06. The van der Waals surface area contributed by atoms with E-state index in [1.807, 2.05) is 42.5 Å². The number of carbonyl (C=O) groups is 1. The van der Waals surface area contributed by atoms with Crippen LogP contribution in [0.5, 0.6) is 5.75 Å². The van der Waals surface area contributed by atoms with E-state index in [-0.39, 0.29) is 11.2 Å². The van der Waals surface area contributed by atoms with Gasteiger partial charge in [-0.25, -0.2) is 4.79 Å². The molecule has 5 heteroatoms. The predicted molar refractivity (Wildman–Crippen MR) is 132 cm³/mol. The maximum absolute atomic E-state index is 12.9. The van der Waals surface area contributed by atoms with Crippen molar-refractivity contribution in [2.24, 2.45) is 0 Å². The Labute approximate surface area is 194 Å². The summed E-state index contributed by atoms with van der Waals surface area (Å²) in [7, 11) is 0. The number of halogens is 1. The van der Waals surface area contributed by atoms with Crippen molar-refractivity contribution in [2.45, 2.75) is 0 Å². The van der Waals surface area contributed by atoms with E-state index < -0.39 is 5.97 Å². The number of hydrogen-bond donors (Lipinski definition) is 0. The van der Waals surface area contributed by atoms with Crippen LogP contribution in [0.4, 0.5) is 0 Å². The first-order valence-electron chi connectivity index (χ1n) is 10.3. The fraction of sp³-hybridized carbons (Fsp3) is 0. The molecule has 160 valence electrons. The normalized spacial score (nSPS) is 11.3. The van der Waals surface area contributed by atoms with Crippen LogP contribution in [0.2, 0.25) is 5.02 Å². The highest BCUT2D eigenvalue weighted by Crippen LogP contribution is 2.25. The van der Waals surface area contributed by atoms with Crippen molar-refractivity contribution in [3.63, 3.8) is 0 Å². The minimum atomic E-state index is -0.526. The lowest BCUT2D eigenvalue weighted by molar-refractivity contribution is -0.128. The Kier molecular flexibility index (Phi) is 5.51. The summed E-state index contributed by atoms with van der Waals surface area (Å²) in [6.07, 6.45) is 4.51. The van der Waals surface area contributed by atoms with E-state index in [2.05, 4.69) is 0 Å². The Morgan fingerprint density at radius 3 is 2.52 bits per heavy atom. The van der Waals surface area contributed by atoms with Crippen LogP contribution in [0, 0.1) is 0 Å². The highest BCUT2D eigenvalue weighted by Gasteiger charge is 2.11. The van der Waals surface area contributed by atoms with Gasteiger partial charge in [-0.3, -0.25) is 4.79 Å². The molecular weight excluding hydrogens is 436 g/mol. The van der Waals surface area contributed by atoms with Crippen LogP contribution in [0.15, 0.2) is 106 Å². The van der Waals surface area contributed by atoms with Crippen LogP contribution in [0.25, 0.3) is 38.9 Å². The monoisotopic (exact) mass is 452 g/mol. The molecular formula is C28H17ClO4. The van der Waals surface area contributed by atoms with E-state index in [4.69, 9.17) is 20.8 Å². The zero-order valence-corrected chi connectivity index (χ0v) is 18.1. The lowest BCUT2D eigenvalue weighted by atomic mass is 10.0. The standard InChI is InChI=1S/C28H17ClO4/c29-21-11-8-20(9-12-21)25-17-32-26-16-22(13-14-24(26)28(25)31)33-27(30)15-10-19-6-3-5-18-4-1-2-7-23(18)19/h1-17H. The van der Waals surface area contributed by atoms with Gasteiger partial charge in [-0.2, -0.15) is 0 Å². The second-order valence-electron chi connectivity index (χ2n) is 7.47. The first-order chi connectivity index (χ1) is 16.1. The minimum absolute atomic E-state index is 0.174. The summed E-state index contributed by atoms with van der Waals surface area (Å²) in [5.41, 5.74) is 2.23. The Morgan fingerprint density at radius 1 is 0.879 bits per heavy atom. The molecule has 0 aliphatic heterocycles. The van der Waals surface area contributed by atoms with Gasteiger partial charge in [0, 0.05) is 17.2 Å². The van der Waals surface area contributed by atoms with E-state index in [9.17, 15) is 9.59 Å². The fourth-order valence-corrected chi connectivity index (χ4v) is 3.83. The summed E-state index contributed by atoms with van der Waals surface area (Å²) in [5.74, 6) is -0.236. The van der Waals surface area contributed by atoms with E-state index in [1.165, 1.54) is 18.4 Å². The molecule has 1 heterocycles. The summed E-state index contributed by atoms with van der Waals surface area (Å²) >= 11 is 5.93. The largest absolute Gasteiger partial charge is 0.463 e. The number of carbonyl (C=O) groups excluding carboxylic acids is 1. The first kappa shape index (κ1) is 20.7. The van der Waals surface area contributed by atoms with Gasteiger partial charge in [0.05, 0.1) is 10.9 Å². The Balaban J connectivity index is 1.38. The summed E-state index contributed by atoms with van der Waals surface area (Å²) in [6.45, 7) is 0. The van der Waals surface area contributed by atoms with Crippen molar-refractivity contribution in [1.29, 1.82) is 0 Å². The molecule has 4 aromatic carbocycles. The van der Waals surface area contributed by atoms with Gasteiger partial charge in [0.25, 0.3) is 0 Å². The number of esters is 1. The molecule has 0 atom stereocenters. The van der Waals surface area contributed by atoms with E-state index in [0.717, 1.165) is 16.3 Å². The van der Waals surface area contributed by atoms with Gasteiger partial charge in [0.2, 0.25) is 0 Å². The molecule has 1 aromatic heterocycles. The lowest BCUT2D eigenvalue weighted by Crippen LogP contribution is -2.06. The van der Waals surface area contributed by atoms with Crippen molar-refractivity contribution in [3.8, 4) is 16.9 Å².